The first-order valence-corrected chi connectivity index (χ1v) is 9.48. The summed E-state index contributed by atoms with van der Waals surface area (Å²) in [6.07, 6.45) is 9.99. The number of anilines is 1. The van der Waals surface area contributed by atoms with E-state index in [4.69, 9.17) is 9.15 Å². The Labute approximate surface area is 144 Å². The Morgan fingerprint density at radius 1 is 1.21 bits per heavy atom. The summed E-state index contributed by atoms with van der Waals surface area (Å²) in [5.41, 5.74) is 1.46. The number of amides is 1. The average Bonchev–Trinajstić information content (AvgIpc) is 3.27. The highest BCUT2D eigenvalue weighted by atomic mass is 32.1. The van der Waals surface area contributed by atoms with E-state index in [0.717, 1.165) is 31.4 Å². The Morgan fingerprint density at radius 2 is 2.08 bits per heavy atom. The summed E-state index contributed by atoms with van der Waals surface area (Å²) in [5.74, 6) is 0.260. The van der Waals surface area contributed by atoms with Crippen LogP contribution in [0.25, 0.3) is 0 Å². The van der Waals surface area contributed by atoms with Gasteiger partial charge in [-0.2, -0.15) is 0 Å². The van der Waals surface area contributed by atoms with Gasteiger partial charge in [0.15, 0.2) is 23.0 Å². The van der Waals surface area contributed by atoms with Crippen LogP contribution in [0.2, 0.25) is 0 Å². The smallest absolute Gasteiger partial charge is 0.279 e. The van der Waals surface area contributed by atoms with Crippen molar-refractivity contribution in [3.8, 4) is 0 Å². The van der Waals surface area contributed by atoms with Crippen LogP contribution in [0, 0.1) is 0 Å². The van der Waals surface area contributed by atoms with E-state index in [1.54, 1.807) is 11.3 Å². The minimum absolute atomic E-state index is 0.162. The zero-order valence-electron chi connectivity index (χ0n) is 13.5. The van der Waals surface area contributed by atoms with E-state index in [0.29, 0.717) is 23.2 Å². The summed E-state index contributed by atoms with van der Waals surface area (Å²) < 4.78 is 11.0. The standard InChI is InChI=1S/C17H21N3O3S/c21-16(14-15(23-10-18-14)12-7-5-9-22-12)20-17-19-11-6-3-1-2-4-8-13(11)24-17/h10,12H,1-9H2,(H,19,20,21)/t12-/m1/s1. The molecule has 1 saturated heterocycles. The van der Waals surface area contributed by atoms with Crippen molar-refractivity contribution in [3.05, 3.63) is 28.4 Å². The van der Waals surface area contributed by atoms with Crippen LogP contribution in [0.15, 0.2) is 10.8 Å². The van der Waals surface area contributed by atoms with E-state index in [1.165, 1.54) is 37.0 Å². The van der Waals surface area contributed by atoms with Crippen molar-refractivity contribution < 1.29 is 13.9 Å². The van der Waals surface area contributed by atoms with Gasteiger partial charge in [-0.25, -0.2) is 9.97 Å². The lowest BCUT2D eigenvalue weighted by molar-refractivity contribution is 0.0889. The zero-order chi connectivity index (χ0) is 16.4. The molecule has 0 unspecified atom stereocenters. The molecular weight excluding hydrogens is 326 g/mol. The molecule has 3 heterocycles. The number of carbonyl (C=O) groups is 1. The van der Waals surface area contributed by atoms with Crippen LogP contribution in [0.5, 0.6) is 0 Å². The molecule has 1 atom stereocenters. The van der Waals surface area contributed by atoms with Crippen LogP contribution >= 0.6 is 11.3 Å². The van der Waals surface area contributed by atoms with E-state index < -0.39 is 0 Å². The second-order valence-corrected chi connectivity index (χ2v) is 7.41. The number of aryl methyl sites for hydroxylation is 2. The lowest BCUT2D eigenvalue weighted by Gasteiger charge is -2.07. The predicted octanol–water partition coefficient (Wildman–Crippen LogP) is 3.89. The molecule has 1 aliphatic carbocycles. The van der Waals surface area contributed by atoms with Crippen molar-refractivity contribution >= 4 is 22.4 Å². The first kappa shape index (κ1) is 15.8. The Bertz CT molecular complexity index is 693. The van der Waals surface area contributed by atoms with Crippen molar-refractivity contribution in [1.82, 2.24) is 9.97 Å². The summed E-state index contributed by atoms with van der Waals surface area (Å²) in [6, 6.07) is 0. The number of aromatic nitrogens is 2. The van der Waals surface area contributed by atoms with Crippen molar-refractivity contribution in [3.63, 3.8) is 0 Å². The first-order chi connectivity index (χ1) is 11.8. The molecule has 1 fully saturated rings. The second kappa shape index (κ2) is 7.03. The summed E-state index contributed by atoms with van der Waals surface area (Å²) in [5, 5.41) is 3.56. The topological polar surface area (TPSA) is 77.3 Å². The van der Waals surface area contributed by atoms with Crippen LogP contribution in [-0.4, -0.2) is 22.5 Å². The fraction of sp³-hybridized carbons (Fsp3) is 0.588. The van der Waals surface area contributed by atoms with E-state index in [9.17, 15) is 4.79 Å². The molecule has 24 heavy (non-hydrogen) atoms. The normalized spacial score (nSPS) is 21.1. The number of rotatable bonds is 3. The van der Waals surface area contributed by atoms with E-state index >= 15 is 0 Å². The summed E-state index contributed by atoms with van der Waals surface area (Å²) >= 11 is 1.59. The summed E-state index contributed by atoms with van der Waals surface area (Å²) in [7, 11) is 0. The van der Waals surface area contributed by atoms with Gasteiger partial charge in [-0.05, 0) is 38.5 Å². The van der Waals surface area contributed by atoms with Crippen molar-refractivity contribution in [1.29, 1.82) is 0 Å². The molecule has 2 aliphatic rings. The maximum absolute atomic E-state index is 12.6. The number of hydrogen-bond donors (Lipinski definition) is 1. The summed E-state index contributed by atoms with van der Waals surface area (Å²) in [6.45, 7) is 0.700. The maximum Gasteiger partial charge on any atom is 0.279 e. The van der Waals surface area contributed by atoms with E-state index in [-0.39, 0.29) is 12.0 Å². The molecule has 128 valence electrons. The van der Waals surface area contributed by atoms with Gasteiger partial charge in [0.1, 0.15) is 6.10 Å². The molecule has 0 radical (unpaired) electrons. The number of hydrogen-bond acceptors (Lipinski definition) is 6. The Kier molecular flexibility index (Phi) is 4.62. The lowest BCUT2D eigenvalue weighted by Crippen LogP contribution is -2.15. The minimum Gasteiger partial charge on any atom is -0.445 e. The third-order valence-corrected chi connectivity index (χ3v) is 5.67. The van der Waals surface area contributed by atoms with Gasteiger partial charge in [-0.1, -0.05) is 12.8 Å². The molecule has 4 rings (SSSR count). The van der Waals surface area contributed by atoms with E-state index in [1.807, 2.05) is 0 Å². The second-order valence-electron chi connectivity index (χ2n) is 6.32. The molecule has 2 aromatic heterocycles. The van der Waals surface area contributed by atoms with Gasteiger partial charge >= 0.3 is 0 Å². The monoisotopic (exact) mass is 347 g/mol. The van der Waals surface area contributed by atoms with Crippen molar-refractivity contribution in [2.75, 3.05) is 11.9 Å². The van der Waals surface area contributed by atoms with Crippen molar-refractivity contribution in [2.45, 2.75) is 57.5 Å². The number of ether oxygens (including phenoxy) is 1. The van der Waals surface area contributed by atoms with Crippen LogP contribution in [0.1, 0.15) is 71.4 Å². The fourth-order valence-corrected chi connectivity index (χ4v) is 4.40. The number of nitrogens with one attached hydrogen (secondary N) is 1. The minimum atomic E-state index is -0.268. The largest absolute Gasteiger partial charge is 0.445 e. The van der Waals surface area contributed by atoms with E-state index in [2.05, 4.69) is 15.3 Å². The molecule has 0 saturated carbocycles. The first-order valence-electron chi connectivity index (χ1n) is 8.66. The average molecular weight is 347 g/mol. The fourth-order valence-electron chi connectivity index (χ4n) is 3.35. The molecule has 1 N–H and O–H groups in total. The van der Waals surface area contributed by atoms with Crippen LogP contribution in [0.3, 0.4) is 0 Å². The molecule has 1 aliphatic heterocycles. The quantitative estimate of drug-likeness (QED) is 0.911. The third-order valence-electron chi connectivity index (χ3n) is 4.60. The molecule has 0 aromatic carbocycles. The molecule has 2 aromatic rings. The van der Waals surface area contributed by atoms with Crippen LogP contribution < -0.4 is 5.32 Å². The van der Waals surface area contributed by atoms with Gasteiger partial charge < -0.3 is 9.15 Å². The lowest BCUT2D eigenvalue weighted by atomic mass is 10.0. The number of thiazole rings is 1. The number of carbonyl (C=O) groups excluding carboxylic acids is 1. The molecule has 6 nitrogen and oxygen atoms in total. The van der Waals surface area contributed by atoms with Crippen LogP contribution in [0.4, 0.5) is 5.13 Å². The van der Waals surface area contributed by atoms with Crippen LogP contribution in [-0.2, 0) is 17.6 Å². The van der Waals surface area contributed by atoms with Gasteiger partial charge in [0.25, 0.3) is 5.91 Å². The zero-order valence-corrected chi connectivity index (χ0v) is 14.4. The highest BCUT2D eigenvalue weighted by Crippen LogP contribution is 2.32. The number of nitrogens with zero attached hydrogens (tertiary/aromatic N) is 2. The summed E-state index contributed by atoms with van der Waals surface area (Å²) in [4.78, 5) is 22.6. The van der Waals surface area contributed by atoms with Gasteiger partial charge in [0, 0.05) is 11.5 Å². The van der Waals surface area contributed by atoms with Gasteiger partial charge in [-0.3, -0.25) is 10.1 Å². The van der Waals surface area contributed by atoms with Gasteiger partial charge in [-0.15, -0.1) is 11.3 Å². The van der Waals surface area contributed by atoms with Gasteiger partial charge in [0.05, 0.1) is 5.69 Å². The van der Waals surface area contributed by atoms with Gasteiger partial charge in [0.2, 0.25) is 0 Å². The molecule has 0 spiro atoms. The Balaban J connectivity index is 1.50. The molecule has 0 bridgehead atoms. The predicted molar refractivity (Wildman–Crippen MR) is 90.4 cm³/mol. The SMILES string of the molecule is O=C(Nc1nc2c(s1)CCCCCC2)c1ncoc1[C@H]1CCCO1. The highest BCUT2D eigenvalue weighted by molar-refractivity contribution is 7.15. The number of oxazole rings is 1. The highest BCUT2D eigenvalue weighted by Gasteiger charge is 2.28. The Hall–Kier alpha value is -1.73. The van der Waals surface area contributed by atoms with Crippen molar-refractivity contribution in [2.24, 2.45) is 0 Å². The maximum atomic E-state index is 12.6. The third kappa shape index (κ3) is 3.23. The Morgan fingerprint density at radius 3 is 2.92 bits per heavy atom. The molecule has 1 amide bonds. The molecule has 7 heteroatoms. The molecular formula is C17H21N3O3S. The number of fused-ring (bicyclic) bond motifs is 1.